The van der Waals surface area contributed by atoms with Gasteiger partial charge in [-0.3, -0.25) is 4.79 Å². The van der Waals surface area contributed by atoms with Gasteiger partial charge in [-0.15, -0.1) is 0 Å². The summed E-state index contributed by atoms with van der Waals surface area (Å²) in [6.07, 6.45) is 1.40. The first-order chi connectivity index (χ1) is 16.9. The highest BCUT2D eigenvalue weighted by atomic mass is 79.9. The summed E-state index contributed by atoms with van der Waals surface area (Å²) in [5.41, 5.74) is 4.50. The maximum atomic E-state index is 12.6. The summed E-state index contributed by atoms with van der Waals surface area (Å²) in [7, 11) is 0. The molecule has 7 nitrogen and oxygen atoms in total. The van der Waals surface area contributed by atoms with Gasteiger partial charge in [-0.05, 0) is 73.0 Å². The minimum atomic E-state index is -0.522. The molecule has 0 radical (unpaired) electrons. The number of carbonyl (C=O) groups is 2. The fraction of sp³-hybridized carbons (Fsp3) is 0.222. The van der Waals surface area contributed by atoms with E-state index in [0.717, 1.165) is 4.47 Å². The summed E-state index contributed by atoms with van der Waals surface area (Å²) in [5.74, 6) is 1.05. The summed E-state index contributed by atoms with van der Waals surface area (Å²) in [6.45, 7) is 6.47. The topological polar surface area (TPSA) is 86.2 Å². The van der Waals surface area contributed by atoms with Gasteiger partial charge in [0.2, 0.25) is 0 Å². The molecule has 0 aromatic heterocycles. The van der Waals surface area contributed by atoms with Crippen LogP contribution >= 0.6 is 15.9 Å². The van der Waals surface area contributed by atoms with Crippen molar-refractivity contribution in [3.63, 3.8) is 0 Å². The smallest absolute Gasteiger partial charge is 0.343 e. The molecule has 0 bridgehead atoms. The van der Waals surface area contributed by atoms with Crippen molar-refractivity contribution < 1.29 is 23.8 Å². The molecule has 0 unspecified atom stereocenters. The van der Waals surface area contributed by atoms with E-state index in [1.807, 2.05) is 31.2 Å². The molecule has 3 aromatic rings. The van der Waals surface area contributed by atoms with Crippen molar-refractivity contribution in [1.82, 2.24) is 5.43 Å². The molecule has 0 fully saturated rings. The molecule has 3 aromatic carbocycles. The van der Waals surface area contributed by atoms with Crippen LogP contribution in [0.3, 0.4) is 0 Å². The summed E-state index contributed by atoms with van der Waals surface area (Å²) in [6, 6.07) is 19.4. The molecule has 0 atom stereocenters. The third-order valence-electron chi connectivity index (χ3n) is 4.89. The van der Waals surface area contributed by atoms with E-state index in [1.54, 1.807) is 42.5 Å². The van der Waals surface area contributed by atoms with E-state index < -0.39 is 11.9 Å². The van der Waals surface area contributed by atoms with E-state index in [9.17, 15) is 9.59 Å². The molecule has 0 aliphatic rings. The number of nitrogens with zero attached hydrogens (tertiary/aromatic N) is 1. The normalized spacial score (nSPS) is 10.9. The van der Waals surface area contributed by atoms with Crippen molar-refractivity contribution in [2.24, 2.45) is 5.10 Å². The quantitative estimate of drug-likeness (QED) is 0.154. The lowest BCUT2D eigenvalue weighted by Crippen LogP contribution is -2.24. The number of nitrogens with one attached hydrogen (secondary N) is 1. The lowest BCUT2D eigenvalue weighted by atomic mass is 10.0. The lowest BCUT2D eigenvalue weighted by Gasteiger charge is -2.09. The molecule has 1 amide bonds. The van der Waals surface area contributed by atoms with Crippen molar-refractivity contribution in [2.45, 2.75) is 26.7 Å². The maximum absolute atomic E-state index is 12.6. The highest BCUT2D eigenvalue weighted by Gasteiger charge is 2.12. The highest BCUT2D eigenvalue weighted by Crippen LogP contribution is 2.23. The molecular weight excluding hydrogens is 512 g/mol. The van der Waals surface area contributed by atoms with Crippen molar-refractivity contribution in [3.05, 3.63) is 87.9 Å². The SMILES string of the molecule is CCOc1ccc(C(=O)Oc2ccc(Br)cc2C=NNC(=O)COc2ccc(C(C)C)cc2)cc1. The van der Waals surface area contributed by atoms with Crippen LogP contribution in [0.1, 0.15) is 48.2 Å². The Balaban J connectivity index is 1.58. The van der Waals surface area contributed by atoms with Gasteiger partial charge in [0.25, 0.3) is 5.91 Å². The van der Waals surface area contributed by atoms with Gasteiger partial charge < -0.3 is 14.2 Å². The van der Waals surface area contributed by atoms with Crippen LogP contribution in [0, 0.1) is 0 Å². The van der Waals surface area contributed by atoms with Gasteiger partial charge in [0.1, 0.15) is 17.2 Å². The molecule has 0 spiro atoms. The molecule has 0 saturated carbocycles. The summed E-state index contributed by atoms with van der Waals surface area (Å²) >= 11 is 3.39. The fourth-order valence-corrected chi connectivity index (χ4v) is 3.41. The highest BCUT2D eigenvalue weighted by molar-refractivity contribution is 9.10. The number of carbonyl (C=O) groups excluding carboxylic acids is 2. The van der Waals surface area contributed by atoms with E-state index in [4.69, 9.17) is 14.2 Å². The predicted molar refractivity (Wildman–Crippen MR) is 138 cm³/mol. The second kappa shape index (κ2) is 12.7. The molecule has 0 aliphatic carbocycles. The van der Waals surface area contributed by atoms with E-state index in [2.05, 4.69) is 40.3 Å². The van der Waals surface area contributed by atoms with Crippen LogP contribution < -0.4 is 19.6 Å². The molecule has 0 aliphatic heterocycles. The zero-order valence-corrected chi connectivity index (χ0v) is 21.4. The monoisotopic (exact) mass is 538 g/mol. The number of hydrogen-bond acceptors (Lipinski definition) is 6. The Morgan fingerprint density at radius 2 is 1.63 bits per heavy atom. The molecule has 35 heavy (non-hydrogen) atoms. The maximum Gasteiger partial charge on any atom is 0.343 e. The van der Waals surface area contributed by atoms with Gasteiger partial charge >= 0.3 is 5.97 Å². The Kier molecular flexibility index (Phi) is 9.43. The number of esters is 1. The van der Waals surface area contributed by atoms with Crippen LogP contribution in [0.4, 0.5) is 0 Å². The molecule has 8 heteroatoms. The Labute approximate surface area is 213 Å². The van der Waals surface area contributed by atoms with Gasteiger partial charge in [-0.1, -0.05) is 41.9 Å². The van der Waals surface area contributed by atoms with E-state index in [0.29, 0.717) is 40.9 Å². The van der Waals surface area contributed by atoms with Crippen LogP contribution in [-0.4, -0.2) is 31.3 Å². The van der Waals surface area contributed by atoms with Crippen molar-refractivity contribution in [2.75, 3.05) is 13.2 Å². The van der Waals surface area contributed by atoms with Crippen molar-refractivity contribution in [1.29, 1.82) is 0 Å². The number of hydrogen-bond donors (Lipinski definition) is 1. The van der Waals surface area contributed by atoms with Crippen LogP contribution in [0.25, 0.3) is 0 Å². The third-order valence-corrected chi connectivity index (χ3v) is 5.38. The minimum Gasteiger partial charge on any atom is -0.494 e. The Hall–Kier alpha value is -3.65. The van der Waals surface area contributed by atoms with Crippen LogP contribution in [-0.2, 0) is 4.79 Å². The molecule has 0 saturated heterocycles. The van der Waals surface area contributed by atoms with Crippen LogP contribution in [0.2, 0.25) is 0 Å². The average molecular weight is 539 g/mol. The zero-order chi connectivity index (χ0) is 25.2. The average Bonchev–Trinajstić information content (AvgIpc) is 2.85. The predicted octanol–water partition coefficient (Wildman–Crippen LogP) is 5.72. The zero-order valence-electron chi connectivity index (χ0n) is 19.8. The summed E-state index contributed by atoms with van der Waals surface area (Å²) in [5, 5.41) is 3.97. The number of rotatable bonds is 10. The van der Waals surface area contributed by atoms with E-state index in [1.165, 1.54) is 11.8 Å². The molecule has 1 N–H and O–H groups in total. The third kappa shape index (κ3) is 7.96. The van der Waals surface area contributed by atoms with Gasteiger partial charge in [-0.2, -0.15) is 5.10 Å². The van der Waals surface area contributed by atoms with Gasteiger partial charge in [-0.25, -0.2) is 10.2 Å². The first kappa shape index (κ1) is 26.0. The van der Waals surface area contributed by atoms with Crippen LogP contribution in [0.15, 0.2) is 76.3 Å². The first-order valence-electron chi connectivity index (χ1n) is 11.1. The number of halogens is 1. The molecular formula is C27H27BrN2O5. The largest absolute Gasteiger partial charge is 0.494 e. The fourth-order valence-electron chi connectivity index (χ4n) is 3.03. The Morgan fingerprint density at radius 3 is 2.29 bits per heavy atom. The van der Waals surface area contributed by atoms with Gasteiger partial charge in [0.05, 0.1) is 18.4 Å². The summed E-state index contributed by atoms with van der Waals surface area (Å²) < 4.78 is 17.2. The first-order valence-corrected chi connectivity index (χ1v) is 11.9. The second-order valence-corrected chi connectivity index (χ2v) is 8.75. The molecule has 3 rings (SSSR count). The number of benzene rings is 3. The summed E-state index contributed by atoms with van der Waals surface area (Å²) in [4.78, 5) is 24.7. The lowest BCUT2D eigenvalue weighted by molar-refractivity contribution is -0.123. The Bertz CT molecular complexity index is 1180. The van der Waals surface area contributed by atoms with Crippen molar-refractivity contribution >= 4 is 34.0 Å². The number of amides is 1. The van der Waals surface area contributed by atoms with E-state index >= 15 is 0 Å². The second-order valence-electron chi connectivity index (χ2n) is 7.83. The minimum absolute atomic E-state index is 0.184. The molecule has 0 heterocycles. The van der Waals surface area contributed by atoms with Crippen molar-refractivity contribution in [3.8, 4) is 17.2 Å². The van der Waals surface area contributed by atoms with Gasteiger partial charge in [0.15, 0.2) is 6.61 Å². The molecule has 182 valence electrons. The van der Waals surface area contributed by atoms with Gasteiger partial charge in [0, 0.05) is 10.0 Å². The van der Waals surface area contributed by atoms with Crippen LogP contribution in [0.5, 0.6) is 17.2 Å². The van der Waals surface area contributed by atoms with E-state index in [-0.39, 0.29) is 6.61 Å². The standard InChI is InChI=1S/C27H27BrN2O5/c1-4-33-23-12-7-20(8-13-23)27(32)35-25-14-9-22(28)15-21(25)16-29-30-26(31)17-34-24-10-5-19(6-11-24)18(2)3/h5-16,18H,4,17H2,1-3H3,(H,30,31). The number of hydrazone groups is 1. The number of ether oxygens (including phenoxy) is 3. The Morgan fingerprint density at radius 1 is 0.971 bits per heavy atom.